The number of nitrogens with two attached hydrogens (primary N) is 1. The van der Waals surface area contributed by atoms with E-state index in [4.69, 9.17) is 5.73 Å². The average molecular weight is 275 g/mol. The number of hydrogen-bond acceptors (Lipinski definition) is 1. The maximum Gasteiger partial charge on any atom is 0.416 e. The highest BCUT2D eigenvalue weighted by Crippen LogP contribution is 2.39. The van der Waals surface area contributed by atoms with Gasteiger partial charge in [-0.3, -0.25) is 0 Å². The second-order valence-corrected chi connectivity index (χ2v) is 3.70. The molecule has 1 aromatic carbocycles. The van der Waals surface area contributed by atoms with Gasteiger partial charge in [0, 0.05) is 11.6 Å². The first-order valence-electron chi connectivity index (χ1n) is 4.68. The van der Waals surface area contributed by atoms with Crippen LogP contribution in [0.5, 0.6) is 0 Å². The Hall–Kier alpha value is -1.31. The van der Waals surface area contributed by atoms with Crippen LogP contribution >= 0.6 is 0 Å². The fourth-order valence-corrected chi connectivity index (χ4v) is 1.48. The van der Waals surface area contributed by atoms with E-state index in [1.54, 1.807) is 0 Å². The van der Waals surface area contributed by atoms with Gasteiger partial charge in [0.05, 0.1) is 11.1 Å². The molecule has 0 aliphatic heterocycles. The molecule has 18 heavy (non-hydrogen) atoms. The van der Waals surface area contributed by atoms with Gasteiger partial charge in [-0.2, -0.15) is 26.3 Å². The summed E-state index contributed by atoms with van der Waals surface area (Å²) in [5, 5.41) is 0. The van der Waals surface area contributed by atoms with Crippen LogP contribution in [0.3, 0.4) is 0 Å². The molecule has 1 atom stereocenters. The Kier molecular flexibility index (Phi) is 3.62. The highest BCUT2D eigenvalue weighted by molar-refractivity contribution is 5.38. The van der Waals surface area contributed by atoms with Crippen LogP contribution in [0, 0.1) is 5.82 Å². The van der Waals surface area contributed by atoms with Crippen molar-refractivity contribution in [2.75, 3.05) is 0 Å². The Balaban J connectivity index is 3.58. The van der Waals surface area contributed by atoms with Crippen molar-refractivity contribution < 1.29 is 30.7 Å². The molecule has 2 N–H and O–H groups in total. The summed E-state index contributed by atoms with van der Waals surface area (Å²) in [5.41, 5.74) is 0.772. The second kappa shape index (κ2) is 4.42. The number of rotatable bonds is 1. The minimum absolute atomic E-state index is 0.00787. The Morgan fingerprint density at radius 2 is 1.50 bits per heavy atom. The van der Waals surface area contributed by atoms with E-state index in [0.717, 1.165) is 6.92 Å². The zero-order valence-electron chi connectivity index (χ0n) is 8.96. The zero-order chi connectivity index (χ0) is 14.3. The highest BCUT2D eigenvalue weighted by Gasteiger charge is 2.40. The lowest BCUT2D eigenvalue weighted by molar-refractivity contribution is -0.144. The predicted molar refractivity (Wildman–Crippen MR) is 49.0 cm³/mol. The van der Waals surface area contributed by atoms with Crippen molar-refractivity contribution in [2.24, 2.45) is 5.73 Å². The maximum atomic E-state index is 13.3. The molecular weight excluding hydrogens is 267 g/mol. The minimum atomic E-state index is -5.11. The fraction of sp³-hybridized carbons (Fsp3) is 0.400. The Morgan fingerprint density at radius 1 is 1.00 bits per heavy atom. The monoisotopic (exact) mass is 275 g/mol. The van der Waals surface area contributed by atoms with E-state index < -0.39 is 40.9 Å². The van der Waals surface area contributed by atoms with Crippen LogP contribution in [0.1, 0.15) is 29.7 Å². The summed E-state index contributed by atoms with van der Waals surface area (Å²) in [6.45, 7) is 1.06. The van der Waals surface area contributed by atoms with Crippen LogP contribution in [0.15, 0.2) is 12.1 Å². The molecule has 1 nitrogen and oxygen atoms in total. The highest BCUT2D eigenvalue weighted by atomic mass is 19.4. The van der Waals surface area contributed by atoms with Crippen molar-refractivity contribution in [3.63, 3.8) is 0 Å². The van der Waals surface area contributed by atoms with Gasteiger partial charge in [-0.05, 0) is 19.1 Å². The first-order valence-corrected chi connectivity index (χ1v) is 4.68. The third kappa shape index (κ3) is 2.92. The number of alkyl halides is 6. The minimum Gasteiger partial charge on any atom is -0.324 e. The van der Waals surface area contributed by atoms with E-state index in [1.165, 1.54) is 0 Å². The van der Waals surface area contributed by atoms with E-state index >= 15 is 0 Å². The molecule has 1 aromatic rings. The molecule has 0 radical (unpaired) electrons. The van der Waals surface area contributed by atoms with Gasteiger partial charge >= 0.3 is 12.4 Å². The Labute approximate surface area is 97.4 Å². The summed E-state index contributed by atoms with van der Waals surface area (Å²) in [5.74, 6) is -1.62. The smallest absolute Gasteiger partial charge is 0.324 e. The number of halogens is 7. The van der Waals surface area contributed by atoms with Gasteiger partial charge in [0.15, 0.2) is 0 Å². The SMILES string of the molecule is C[C@@H](N)c1c(F)cc(C(F)(F)F)cc1C(F)(F)F. The zero-order valence-corrected chi connectivity index (χ0v) is 8.96. The quantitative estimate of drug-likeness (QED) is 0.773. The van der Waals surface area contributed by atoms with Gasteiger partial charge in [-0.15, -0.1) is 0 Å². The maximum absolute atomic E-state index is 13.3. The van der Waals surface area contributed by atoms with Crippen LogP contribution in [0.2, 0.25) is 0 Å². The van der Waals surface area contributed by atoms with Gasteiger partial charge in [-0.1, -0.05) is 0 Å². The van der Waals surface area contributed by atoms with Crippen LogP contribution in [0.25, 0.3) is 0 Å². The lowest BCUT2D eigenvalue weighted by Crippen LogP contribution is -2.19. The Bertz CT molecular complexity index is 445. The lowest BCUT2D eigenvalue weighted by atomic mass is 9.97. The molecule has 0 spiro atoms. The lowest BCUT2D eigenvalue weighted by Gasteiger charge is -2.18. The molecule has 0 bridgehead atoms. The Morgan fingerprint density at radius 3 is 1.83 bits per heavy atom. The molecule has 0 saturated heterocycles. The molecule has 0 saturated carbocycles. The van der Waals surface area contributed by atoms with Crippen LogP contribution in [-0.4, -0.2) is 0 Å². The second-order valence-electron chi connectivity index (χ2n) is 3.70. The molecular formula is C10H8F7N. The summed E-state index contributed by atoms with van der Waals surface area (Å²) >= 11 is 0. The van der Waals surface area contributed by atoms with Gasteiger partial charge in [0.1, 0.15) is 5.82 Å². The van der Waals surface area contributed by atoms with Gasteiger partial charge < -0.3 is 5.73 Å². The summed E-state index contributed by atoms with van der Waals surface area (Å²) in [6.07, 6.45) is -10.2. The molecule has 0 aliphatic carbocycles. The third-order valence-electron chi connectivity index (χ3n) is 2.22. The summed E-state index contributed by atoms with van der Waals surface area (Å²) < 4.78 is 88.0. The topological polar surface area (TPSA) is 26.0 Å². The molecule has 0 amide bonds. The molecule has 0 aromatic heterocycles. The van der Waals surface area contributed by atoms with Crippen LogP contribution < -0.4 is 5.73 Å². The normalized spacial score (nSPS) is 14.7. The molecule has 0 fully saturated rings. The summed E-state index contributed by atoms with van der Waals surface area (Å²) in [7, 11) is 0. The fourth-order valence-electron chi connectivity index (χ4n) is 1.48. The average Bonchev–Trinajstić information content (AvgIpc) is 2.12. The molecule has 0 heterocycles. The van der Waals surface area contributed by atoms with Gasteiger partial charge in [0.25, 0.3) is 0 Å². The molecule has 0 unspecified atom stereocenters. The van der Waals surface area contributed by atoms with Crippen molar-refractivity contribution in [1.29, 1.82) is 0 Å². The van der Waals surface area contributed by atoms with Gasteiger partial charge in [-0.25, -0.2) is 4.39 Å². The molecule has 1 rings (SSSR count). The van der Waals surface area contributed by atoms with Crippen molar-refractivity contribution in [3.05, 3.63) is 34.6 Å². The van der Waals surface area contributed by atoms with Crippen LogP contribution in [-0.2, 0) is 12.4 Å². The van der Waals surface area contributed by atoms with Crippen LogP contribution in [0.4, 0.5) is 30.7 Å². The van der Waals surface area contributed by atoms with Crippen molar-refractivity contribution >= 4 is 0 Å². The molecule has 102 valence electrons. The standard InChI is InChI=1S/C10H8F7N/c1-4(18)8-6(10(15,16)17)2-5(3-7(8)11)9(12,13)14/h2-4H,18H2,1H3/t4-/m1/s1. The summed E-state index contributed by atoms with van der Waals surface area (Å²) in [4.78, 5) is 0. The van der Waals surface area contributed by atoms with E-state index in [2.05, 4.69) is 0 Å². The number of benzene rings is 1. The molecule has 0 aliphatic rings. The van der Waals surface area contributed by atoms with E-state index in [0.29, 0.717) is 0 Å². The summed E-state index contributed by atoms with van der Waals surface area (Å²) in [6, 6.07) is -1.50. The van der Waals surface area contributed by atoms with E-state index in [9.17, 15) is 30.7 Å². The van der Waals surface area contributed by atoms with Gasteiger partial charge in [0.2, 0.25) is 0 Å². The largest absolute Gasteiger partial charge is 0.416 e. The van der Waals surface area contributed by atoms with Crippen molar-refractivity contribution in [3.8, 4) is 0 Å². The van der Waals surface area contributed by atoms with E-state index in [1.807, 2.05) is 0 Å². The van der Waals surface area contributed by atoms with Crippen molar-refractivity contribution in [1.82, 2.24) is 0 Å². The van der Waals surface area contributed by atoms with E-state index in [-0.39, 0.29) is 12.1 Å². The number of hydrogen-bond donors (Lipinski definition) is 1. The van der Waals surface area contributed by atoms with Crippen molar-refractivity contribution in [2.45, 2.75) is 25.3 Å². The molecule has 8 heteroatoms. The first kappa shape index (κ1) is 14.7. The predicted octanol–water partition coefficient (Wildman–Crippen LogP) is 3.88. The first-order chi connectivity index (χ1) is 7.94. The third-order valence-corrected chi connectivity index (χ3v) is 2.22.